The molecule has 4 heteroatoms. The van der Waals surface area contributed by atoms with E-state index in [4.69, 9.17) is 5.21 Å². The zero-order valence-corrected chi connectivity index (χ0v) is 6.87. The van der Waals surface area contributed by atoms with E-state index in [-0.39, 0.29) is 6.04 Å². The second-order valence-electron chi connectivity index (χ2n) is 2.41. The molecule has 0 aliphatic heterocycles. The van der Waals surface area contributed by atoms with Crippen molar-refractivity contribution in [3.05, 3.63) is 12.7 Å². The Balaban J connectivity index is 3.73. The molecule has 0 aromatic rings. The highest BCUT2D eigenvalue weighted by Gasteiger charge is 2.11. The molecule has 0 rings (SSSR count). The van der Waals surface area contributed by atoms with Crippen LogP contribution < -0.4 is 5.32 Å². The quantitative estimate of drug-likeness (QED) is 0.365. The second kappa shape index (κ2) is 4.73. The number of carbonyl (C=O) groups is 1. The van der Waals surface area contributed by atoms with Crippen LogP contribution in [0.1, 0.15) is 13.8 Å². The summed E-state index contributed by atoms with van der Waals surface area (Å²) >= 11 is 0. The highest BCUT2D eigenvalue weighted by atomic mass is 16.5. The first-order valence-corrected chi connectivity index (χ1v) is 3.46. The Hall–Kier alpha value is -1.03. The van der Waals surface area contributed by atoms with Gasteiger partial charge in [-0.3, -0.25) is 5.21 Å². The van der Waals surface area contributed by atoms with Gasteiger partial charge in [0.25, 0.3) is 0 Å². The molecule has 0 fully saturated rings. The molecule has 0 spiro atoms. The Morgan fingerprint density at radius 1 is 1.82 bits per heavy atom. The average molecular weight is 158 g/mol. The summed E-state index contributed by atoms with van der Waals surface area (Å²) in [5.74, 6) is 0. The van der Waals surface area contributed by atoms with Crippen molar-refractivity contribution in [2.45, 2.75) is 19.9 Å². The van der Waals surface area contributed by atoms with Crippen LogP contribution in [0, 0.1) is 0 Å². The van der Waals surface area contributed by atoms with Gasteiger partial charge < -0.3 is 5.32 Å². The minimum Gasteiger partial charge on any atom is -0.333 e. The van der Waals surface area contributed by atoms with Crippen molar-refractivity contribution in [2.24, 2.45) is 0 Å². The molecule has 2 amide bonds. The molecule has 0 aromatic heterocycles. The number of hydroxylamine groups is 2. The van der Waals surface area contributed by atoms with E-state index < -0.39 is 6.03 Å². The monoisotopic (exact) mass is 158 g/mol. The van der Waals surface area contributed by atoms with Crippen molar-refractivity contribution >= 4 is 6.03 Å². The summed E-state index contributed by atoms with van der Waals surface area (Å²) < 4.78 is 0. The summed E-state index contributed by atoms with van der Waals surface area (Å²) in [5.41, 5.74) is 0. The van der Waals surface area contributed by atoms with Crippen LogP contribution in [-0.2, 0) is 0 Å². The Morgan fingerprint density at radius 2 is 2.36 bits per heavy atom. The zero-order chi connectivity index (χ0) is 8.85. The SMILES string of the molecule is C=CCNC(=O)N(O)C(C)C. The predicted molar refractivity (Wildman–Crippen MR) is 42.4 cm³/mol. The smallest absolute Gasteiger partial charge is 0.333 e. The number of hydrogen-bond acceptors (Lipinski definition) is 2. The summed E-state index contributed by atoms with van der Waals surface area (Å²) in [7, 11) is 0. The number of urea groups is 1. The van der Waals surface area contributed by atoms with Gasteiger partial charge in [0.2, 0.25) is 0 Å². The fourth-order valence-electron chi connectivity index (χ4n) is 0.475. The fourth-order valence-corrected chi connectivity index (χ4v) is 0.475. The number of rotatable bonds is 3. The zero-order valence-electron chi connectivity index (χ0n) is 6.87. The van der Waals surface area contributed by atoms with Crippen LogP contribution in [0.5, 0.6) is 0 Å². The first-order chi connectivity index (χ1) is 5.09. The molecule has 2 N–H and O–H groups in total. The van der Waals surface area contributed by atoms with Gasteiger partial charge in [0.1, 0.15) is 0 Å². The number of nitrogens with one attached hydrogen (secondary N) is 1. The lowest BCUT2D eigenvalue weighted by molar-refractivity contribution is -0.0674. The topological polar surface area (TPSA) is 52.6 Å². The van der Waals surface area contributed by atoms with E-state index in [0.29, 0.717) is 11.6 Å². The molecule has 0 atom stereocenters. The Bertz CT molecular complexity index is 145. The van der Waals surface area contributed by atoms with Gasteiger partial charge in [-0.05, 0) is 13.8 Å². The molecular weight excluding hydrogens is 144 g/mol. The van der Waals surface area contributed by atoms with Crippen LogP contribution in [0.25, 0.3) is 0 Å². The molecule has 0 aliphatic carbocycles. The van der Waals surface area contributed by atoms with Crippen LogP contribution in [-0.4, -0.2) is 28.9 Å². The molecule has 0 radical (unpaired) electrons. The van der Waals surface area contributed by atoms with E-state index in [1.54, 1.807) is 19.9 Å². The van der Waals surface area contributed by atoms with Crippen molar-refractivity contribution in [3.63, 3.8) is 0 Å². The van der Waals surface area contributed by atoms with Crippen LogP contribution in [0.15, 0.2) is 12.7 Å². The van der Waals surface area contributed by atoms with Crippen molar-refractivity contribution in [1.29, 1.82) is 0 Å². The Kier molecular flexibility index (Phi) is 4.29. The van der Waals surface area contributed by atoms with Crippen molar-refractivity contribution in [3.8, 4) is 0 Å². The van der Waals surface area contributed by atoms with Crippen LogP contribution >= 0.6 is 0 Å². The molecule has 0 heterocycles. The van der Waals surface area contributed by atoms with Gasteiger partial charge in [0, 0.05) is 6.54 Å². The lowest BCUT2D eigenvalue weighted by Gasteiger charge is -2.18. The van der Waals surface area contributed by atoms with Gasteiger partial charge >= 0.3 is 6.03 Å². The van der Waals surface area contributed by atoms with E-state index in [9.17, 15) is 4.79 Å². The highest BCUT2D eigenvalue weighted by Crippen LogP contribution is 1.92. The summed E-state index contributed by atoms with van der Waals surface area (Å²) in [6.07, 6.45) is 1.55. The number of hydrogen-bond donors (Lipinski definition) is 2. The van der Waals surface area contributed by atoms with E-state index in [1.165, 1.54) is 0 Å². The minimum atomic E-state index is -0.500. The van der Waals surface area contributed by atoms with E-state index in [2.05, 4.69) is 11.9 Å². The maximum absolute atomic E-state index is 10.9. The maximum atomic E-state index is 10.9. The minimum absolute atomic E-state index is 0.209. The summed E-state index contributed by atoms with van der Waals surface area (Å²) in [4.78, 5) is 10.9. The largest absolute Gasteiger partial charge is 0.341 e. The normalized spacial score (nSPS) is 9.45. The molecule has 0 saturated heterocycles. The molecular formula is C7H14N2O2. The van der Waals surface area contributed by atoms with Gasteiger partial charge in [0.05, 0.1) is 6.04 Å². The lowest BCUT2D eigenvalue weighted by Crippen LogP contribution is -2.41. The van der Waals surface area contributed by atoms with Crippen LogP contribution in [0.4, 0.5) is 4.79 Å². The summed E-state index contributed by atoms with van der Waals surface area (Å²) in [5, 5.41) is 12.1. The van der Waals surface area contributed by atoms with Gasteiger partial charge in [-0.25, -0.2) is 9.86 Å². The van der Waals surface area contributed by atoms with E-state index in [0.717, 1.165) is 0 Å². The molecule has 0 unspecified atom stereocenters. The first kappa shape index (κ1) is 9.97. The average Bonchev–Trinajstić information content (AvgIpc) is 1.98. The van der Waals surface area contributed by atoms with Gasteiger partial charge in [-0.2, -0.15) is 0 Å². The lowest BCUT2D eigenvalue weighted by atomic mass is 10.4. The Morgan fingerprint density at radius 3 is 2.73 bits per heavy atom. The summed E-state index contributed by atoms with van der Waals surface area (Å²) in [6, 6.07) is -0.709. The second-order valence-corrected chi connectivity index (χ2v) is 2.41. The third-order valence-electron chi connectivity index (χ3n) is 1.09. The predicted octanol–water partition coefficient (Wildman–Crippen LogP) is 0.982. The van der Waals surface area contributed by atoms with Crippen molar-refractivity contribution < 1.29 is 10.0 Å². The van der Waals surface area contributed by atoms with E-state index >= 15 is 0 Å². The van der Waals surface area contributed by atoms with E-state index in [1.807, 2.05) is 0 Å². The molecule has 0 saturated carbocycles. The number of nitrogens with zero attached hydrogens (tertiary/aromatic N) is 1. The first-order valence-electron chi connectivity index (χ1n) is 3.46. The molecule has 0 aliphatic rings. The van der Waals surface area contributed by atoms with Crippen molar-refractivity contribution in [1.82, 2.24) is 10.4 Å². The summed E-state index contributed by atoms with van der Waals surface area (Å²) in [6.45, 7) is 7.22. The third-order valence-corrected chi connectivity index (χ3v) is 1.09. The fraction of sp³-hybridized carbons (Fsp3) is 0.571. The van der Waals surface area contributed by atoms with Gasteiger partial charge in [-0.1, -0.05) is 6.08 Å². The van der Waals surface area contributed by atoms with Gasteiger partial charge in [-0.15, -0.1) is 6.58 Å². The maximum Gasteiger partial charge on any atom is 0.341 e. The van der Waals surface area contributed by atoms with Crippen LogP contribution in [0.3, 0.4) is 0 Å². The standard InChI is InChI=1S/C7H14N2O2/c1-4-5-8-7(10)9(11)6(2)3/h4,6,11H,1,5H2,2-3H3,(H,8,10). The third kappa shape index (κ3) is 3.62. The van der Waals surface area contributed by atoms with Gasteiger partial charge in [0.15, 0.2) is 0 Å². The number of carbonyl (C=O) groups excluding carboxylic acids is 1. The molecule has 4 nitrogen and oxygen atoms in total. The molecule has 64 valence electrons. The van der Waals surface area contributed by atoms with Crippen LogP contribution in [0.2, 0.25) is 0 Å². The molecule has 0 aromatic carbocycles. The highest BCUT2D eigenvalue weighted by molar-refractivity contribution is 5.73. The molecule has 11 heavy (non-hydrogen) atoms. The number of amides is 2. The molecule has 0 bridgehead atoms. The van der Waals surface area contributed by atoms with Crippen molar-refractivity contribution in [2.75, 3.05) is 6.54 Å². The Labute approximate surface area is 66.5 Å².